The molecule has 134 valence electrons. The summed E-state index contributed by atoms with van der Waals surface area (Å²) < 4.78 is 64.7. The second-order valence-corrected chi connectivity index (χ2v) is 5.22. The predicted octanol–water partition coefficient (Wildman–Crippen LogP) is 5.56. The Bertz CT molecular complexity index is 809. The molecule has 0 heterocycles. The van der Waals surface area contributed by atoms with Crippen LogP contribution in [0, 0.1) is 5.82 Å². The highest BCUT2D eigenvalue weighted by atomic mass is 35.5. The molecule has 0 unspecified atom stereocenters. The fourth-order valence-electron chi connectivity index (χ4n) is 1.85. The molecule has 0 amide bonds. The van der Waals surface area contributed by atoms with Crippen LogP contribution in [-0.4, -0.2) is 18.7 Å². The average Bonchev–Trinajstić information content (AvgIpc) is 2.50. The molecule has 0 aliphatic carbocycles. The highest BCUT2D eigenvalue weighted by molar-refractivity contribution is 6.68. The number of hydrogen-bond donors (Lipinski definition) is 0. The van der Waals surface area contributed by atoms with Gasteiger partial charge in [0.25, 0.3) is 5.24 Å². The van der Waals surface area contributed by atoms with Gasteiger partial charge in [-0.3, -0.25) is 4.79 Å². The van der Waals surface area contributed by atoms with Gasteiger partial charge < -0.3 is 14.2 Å². The molecule has 0 aromatic heterocycles. The first-order chi connectivity index (χ1) is 11.6. The fourth-order valence-corrected chi connectivity index (χ4v) is 2.18. The normalized spacial score (nSPS) is 11.2. The summed E-state index contributed by atoms with van der Waals surface area (Å²) in [6, 6.07) is 5.27. The molecule has 2 aromatic rings. The number of carbonyl (C=O) groups is 1. The van der Waals surface area contributed by atoms with Gasteiger partial charge in [0.05, 0.1) is 12.1 Å². The second kappa shape index (κ2) is 7.37. The molecule has 0 radical (unpaired) electrons. The van der Waals surface area contributed by atoms with Gasteiger partial charge in [0.1, 0.15) is 17.1 Å². The number of halogens is 6. The zero-order valence-electron chi connectivity index (χ0n) is 12.3. The Morgan fingerprint density at radius 2 is 1.72 bits per heavy atom. The summed E-state index contributed by atoms with van der Waals surface area (Å²) in [7, 11) is 1.18. The number of alkyl halides is 3. The molecule has 0 atom stereocenters. The standard InChI is InChI=1S/C15H8Cl2F4O4/c1-23-11-6-7(25-15(19,20)21)2-4-9(11)24-10-5-3-8(16)13(18)12(10)14(17)22/h2-6H,1H3. The van der Waals surface area contributed by atoms with Crippen molar-refractivity contribution in [3.8, 4) is 23.0 Å². The van der Waals surface area contributed by atoms with Crippen molar-refractivity contribution in [2.75, 3.05) is 7.11 Å². The molecule has 2 rings (SSSR count). The first-order valence-electron chi connectivity index (χ1n) is 6.42. The third kappa shape index (κ3) is 4.67. The predicted molar refractivity (Wildman–Crippen MR) is 81.3 cm³/mol. The van der Waals surface area contributed by atoms with Crippen molar-refractivity contribution in [3.63, 3.8) is 0 Å². The van der Waals surface area contributed by atoms with Crippen molar-refractivity contribution in [1.29, 1.82) is 0 Å². The molecule has 0 bridgehead atoms. The molecular weight excluding hydrogens is 391 g/mol. The molecule has 0 spiro atoms. The molecule has 2 aromatic carbocycles. The largest absolute Gasteiger partial charge is 0.573 e. The number of hydrogen-bond acceptors (Lipinski definition) is 4. The maximum Gasteiger partial charge on any atom is 0.573 e. The van der Waals surface area contributed by atoms with E-state index in [1.165, 1.54) is 13.2 Å². The van der Waals surface area contributed by atoms with Crippen molar-refractivity contribution >= 4 is 28.4 Å². The molecule has 0 saturated heterocycles. The molecule has 4 nitrogen and oxygen atoms in total. The van der Waals surface area contributed by atoms with E-state index in [9.17, 15) is 22.4 Å². The van der Waals surface area contributed by atoms with Gasteiger partial charge in [0.2, 0.25) is 0 Å². The highest BCUT2D eigenvalue weighted by Crippen LogP contribution is 2.38. The van der Waals surface area contributed by atoms with Gasteiger partial charge in [-0.25, -0.2) is 4.39 Å². The maximum atomic E-state index is 14.0. The van der Waals surface area contributed by atoms with Gasteiger partial charge >= 0.3 is 6.36 Å². The van der Waals surface area contributed by atoms with Crippen molar-refractivity contribution in [2.45, 2.75) is 6.36 Å². The Balaban J connectivity index is 2.41. The van der Waals surface area contributed by atoms with Crippen LogP contribution >= 0.6 is 23.2 Å². The molecule has 0 N–H and O–H groups in total. The topological polar surface area (TPSA) is 44.8 Å². The minimum absolute atomic E-state index is 0.0992. The minimum Gasteiger partial charge on any atom is -0.493 e. The zero-order chi connectivity index (χ0) is 18.8. The lowest BCUT2D eigenvalue weighted by atomic mass is 10.2. The Labute approximate surface area is 148 Å². The van der Waals surface area contributed by atoms with Gasteiger partial charge in [-0.05, 0) is 35.9 Å². The van der Waals surface area contributed by atoms with E-state index in [1.807, 2.05) is 0 Å². The SMILES string of the molecule is COc1cc(OC(F)(F)F)ccc1Oc1ccc(Cl)c(F)c1C(=O)Cl. The molecule has 0 fully saturated rings. The van der Waals surface area contributed by atoms with Crippen LogP contribution in [-0.2, 0) is 0 Å². The lowest BCUT2D eigenvalue weighted by Gasteiger charge is -2.15. The van der Waals surface area contributed by atoms with Crippen LogP contribution in [0.5, 0.6) is 23.0 Å². The molecule has 0 aliphatic heterocycles. The summed E-state index contributed by atoms with van der Waals surface area (Å²) in [6.07, 6.45) is -4.88. The summed E-state index contributed by atoms with van der Waals surface area (Å²) >= 11 is 10.9. The van der Waals surface area contributed by atoms with E-state index in [0.29, 0.717) is 0 Å². The maximum absolute atomic E-state index is 14.0. The smallest absolute Gasteiger partial charge is 0.493 e. The summed E-state index contributed by atoms with van der Waals surface area (Å²) in [5.41, 5.74) is -0.619. The van der Waals surface area contributed by atoms with E-state index >= 15 is 0 Å². The number of methoxy groups -OCH3 is 1. The van der Waals surface area contributed by atoms with Crippen LogP contribution in [0.2, 0.25) is 5.02 Å². The Morgan fingerprint density at radius 3 is 2.28 bits per heavy atom. The molecule has 10 heteroatoms. The van der Waals surface area contributed by atoms with E-state index < -0.39 is 28.7 Å². The Kier molecular flexibility index (Phi) is 5.64. The number of carbonyl (C=O) groups excluding carboxylic acids is 1. The van der Waals surface area contributed by atoms with E-state index in [-0.39, 0.29) is 22.3 Å². The molecule has 0 saturated carbocycles. The zero-order valence-corrected chi connectivity index (χ0v) is 13.8. The summed E-state index contributed by atoms with van der Waals surface area (Å²) in [6.45, 7) is 0. The third-order valence-electron chi connectivity index (χ3n) is 2.84. The summed E-state index contributed by atoms with van der Waals surface area (Å²) in [5.74, 6) is -2.17. The van der Waals surface area contributed by atoms with Crippen molar-refractivity contribution < 1.29 is 36.6 Å². The van der Waals surface area contributed by atoms with Crippen molar-refractivity contribution in [3.05, 3.63) is 46.7 Å². The minimum atomic E-state index is -4.88. The second-order valence-electron chi connectivity index (χ2n) is 4.47. The Morgan fingerprint density at radius 1 is 1.08 bits per heavy atom. The fraction of sp³-hybridized carbons (Fsp3) is 0.133. The lowest BCUT2D eigenvalue weighted by molar-refractivity contribution is -0.274. The van der Waals surface area contributed by atoms with E-state index in [2.05, 4.69) is 4.74 Å². The van der Waals surface area contributed by atoms with Crippen molar-refractivity contribution in [2.24, 2.45) is 0 Å². The van der Waals surface area contributed by atoms with Crippen LogP contribution in [0.15, 0.2) is 30.3 Å². The first-order valence-corrected chi connectivity index (χ1v) is 7.17. The summed E-state index contributed by atoms with van der Waals surface area (Å²) in [4.78, 5) is 11.4. The number of ether oxygens (including phenoxy) is 3. The summed E-state index contributed by atoms with van der Waals surface area (Å²) in [5, 5.41) is -1.51. The average molecular weight is 399 g/mol. The first kappa shape index (κ1) is 19.1. The molecule has 0 aliphatic rings. The van der Waals surface area contributed by atoms with E-state index in [4.69, 9.17) is 32.7 Å². The van der Waals surface area contributed by atoms with Crippen LogP contribution in [0.1, 0.15) is 10.4 Å². The van der Waals surface area contributed by atoms with Gasteiger partial charge in [-0.1, -0.05) is 11.6 Å². The lowest BCUT2D eigenvalue weighted by Crippen LogP contribution is -2.17. The quantitative estimate of drug-likeness (QED) is 0.488. The highest BCUT2D eigenvalue weighted by Gasteiger charge is 2.31. The van der Waals surface area contributed by atoms with Crippen LogP contribution < -0.4 is 14.2 Å². The monoisotopic (exact) mass is 398 g/mol. The molecular formula is C15H8Cl2F4O4. The van der Waals surface area contributed by atoms with Crippen LogP contribution in [0.25, 0.3) is 0 Å². The van der Waals surface area contributed by atoms with Crippen LogP contribution in [0.4, 0.5) is 17.6 Å². The van der Waals surface area contributed by atoms with Crippen molar-refractivity contribution in [1.82, 2.24) is 0 Å². The van der Waals surface area contributed by atoms with E-state index in [1.54, 1.807) is 0 Å². The number of benzene rings is 2. The van der Waals surface area contributed by atoms with Crippen LogP contribution in [0.3, 0.4) is 0 Å². The Hall–Kier alpha value is -2.19. The van der Waals surface area contributed by atoms with Gasteiger partial charge in [0.15, 0.2) is 17.3 Å². The third-order valence-corrected chi connectivity index (χ3v) is 3.32. The van der Waals surface area contributed by atoms with Gasteiger partial charge in [0, 0.05) is 6.07 Å². The van der Waals surface area contributed by atoms with Gasteiger partial charge in [-0.15, -0.1) is 13.2 Å². The van der Waals surface area contributed by atoms with E-state index in [0.717, 1.165) is 24.3 Å². The van der Waals surface area contributed by atoms with Gasteiger partial charge in [-0.2, -0.15) is 0 Å². The molecule has 25 heavy (non-hydrogen) atoms. The number of rotatable bonds is 5.